The summed E-state index contributed by atoms with van der Waals surface area (Å²) in [5.74, 6) is 0. The van der Waals surface area contributed by atoms with Crippen LogP contribution in [-0.2, 0) is 22.5 Å². The van der Waals surface area contributed by atoms with Crippen molar-refractivity contribution in [2.75, 3.05) is 19.8 Å². The average molecular weight is 250 g/mol. The molecule has 0 bridgehead atoms. The number of rotatable bonds is 7. The smallest absolute Gasteiger partial charge is 0.394 e. The van der Waals surface area contributed by atoms with Crippen molar-refractivity contribution < 1.29 is 37.4 Å². The molecule has 10 heteroatoms. The number of hydrogen-bond donors (Lipinski definition) is 3. The fourth-order valence-corrected chi connectivity index (χ4v) is 2.64. The van der Waals surface area contributed by atoms with Gasteiger partial charge in [0.1, 0.15) is 0 Å². The molecule has 0 amide bonds. The van der Waals surface area contributed by atoms with Crippen LogP contribution in [0, 0.1) is 0 Å². The third kappa shape index (κ3) is 6.64. The summed E-state index contributed by atoms with van der Waals surface area (Å²) in [6.07, 6.45) is 0. The first-order chi connectivity index (χ1) is 6.33. The molecule has 0 aromatic heterocycles. The van der Waals surface area contributed by atoms with E-state index in [0.717, 1.165) is 0 Å². The topological polar surface area (TPSA) is 123 Å². The molecule has 0 saturated carbocycles. The second-order valence-corrected chi connectivity index (χ2v) is 5.04. The predicted octanol–water partition coefficient (Wildman–Crippen LogP) is 0.249. The standard InChI is InChI=1S/C4H12O8P2/c1-2-10-14(9,11-4-3-5)12-13(6,7)8/h5H,2-4H2,1H3,(H2,6,7,8). The summed E-state index contributed by atoms with van der Waals surface area (Å²) in [5, 5.41) is 8.34. The summed E-state index contributed by atoms with van der Waals surface area (Å²) >= 11 is 0. The van der Waals surface area contributed by atoms with E-state index in [0.29, 0.717) is 0 Å². The van der Waals surface area contributed by atoms with Gasteiger partial charge in [-0.05, 0) is 6.92 Å². The van der Waals surface area contributed by atoms with Gasteiger partial charge in [-0.2, -0.15) is 4.31 Å². The number of aliphatic hydroxyl groups is 1. The monoisotopic (exact) mass is 250 g/mol. The van der Waals surface area contributed by atoms with Gasteiger partial charge in [0.05, 0.1) is 19.8 Å². The Bertz CT molecular complexity index is 246. The molecule has 0 aliphatic rings. The maximum Gasteiger partial charge on any atom is 0.483 e. The lowest BCUT2D eigenvalue weighted by molar-refractivity contribution is 0.121. The van der Waals surface area contributed by atoms with Gasteiger partial charge in [-0.15, -0.1) is 0 Å². The van der Waals surface area contributed by atoms with Crippen LogP contribution in [0.25, 0.3) is 0 Å². The van der Waals surface area contributed by atoms with Crippen molar-refractivity contribution in [2.45, 2.75) is 6.92 Å². The quantitative estimate of drug-likeness (QED) is 0.549. The Balaban J connectivity index is 4.39. The largest absolute Gasteiger partial charge is 0.483 e. The van der Waals surface area contributed by atoms with Crippen molar-refractivity contribution in [3.8, 4) is 0 Å². The fraction of sp³-hybridized carbons (Fsp3) is 1.00. The van der Waals surface area contributed by atoms with E-state index in [2.05, 4.69) is 13.4 Å². The number of aliphatic hydroxyl groups excluding tert-OH is 1. The lowest BCUT2D eigenvalue weighted by Crippen LogP contribution is -2.02. The Hall–Kier alpha value is 0.220. The van der Waals surface area contributed by atoms with Crippen LogP contribution in [0.4, 0.5) is 0 Å². The predicted molar refractivity (Wildman–Crippen MR) is 45.4 cm³/mol. The first-order valence-electron chi connectivity index (χ1n) is 3.60. The van der Waals surface area contributed by atoms with Crippen molar-refractivity contribution >= 4 is 15.6 Å². The minimum atomic E-state index is -4.95. The van der Waals surface area contributed by atoms with Crippen LogP contribution in [0.1, 0.15) is 6.92 Å². The highest BCUT2D eigenvalue weighted by Gasteiger charge is 2.35. The molecule has 0 aromatic carbocycles. The zero-order valence-electron chi connectivity index (χ0n) is 7.40. The Labute approximate surface area is 80.7 Å². The Kier molecular flexibility index (Phi) is 6.04. The minimum Gasteiger partial charge on any atom is -0.394 e. The van der Waals surface area contributed by atoms with Gasteiger partial charge in [-0.1, -0.05) is 0 Å². The highest BCUT2D eigenvalue weighted by molar-refractivity contribution is 7.61. The van der Waals surface area contributed by atoms with Crippen LogP contribution in [-0.4, -0.2) is 34.7 Å². The molecule has 1 atom stereocenters. The Morgan fingerprint density at radius 3 is 2.14 bits per heavy atom. The van der Waals surface area contributed by atoms with Gasteiger partial charge in [0.25, 0.3) is 0 Å². The molecule has 8 nitrogen and oxygen atoms in total. The third-order valence-corrected chi connectivity index (χ3v) is 3.56. The van der Waals surface area contributed by atoms with Crippen molar-refractivity contribution in [2.24, 2.45) is 0 Å². The lowest BCUT2D eigenvalue weighted by Gasteiger charge is -2.16. The lowest BCUT2D eigenvalue weighted by atomic mass is 10.8. The molecule has 0 radical (unpaired) electrons. The van der Waals surface area contributed by atoms with E-state index in [1.165, 1.54) is 6.92 Å². The van der Waals surface area contributed by atoms with Crippen LogP contribution in [0.2, 0.25) is 0 Å². The van der Waals surface area contributed by atoms with E-state index in [-0.39, 0.29) is 6.61 Å². The molecule has 0 aliphatic heterocycles. The van der Waals surface area contributed by atoms with Crippen LogP contribution >= 0.6 is 15.6 Å². The molecule has 0 rings (SSSR count). The molecule has 0 aromatic rings. The van der Waals surface area contributed by atoms with E-state index in [1.807, 2.05) is 0 Å². The molecule has 0 aliphatic carbocycles. The van der Waals surface area contributed by atoms with Gasteiger partial charge in [0.15, 0.2) is 0 Å². The van der Waals surface area contributed by atoms with Crippen LogP contribution < -0.4 is 0 Å². The maximum absolute atomic E-state index is 11.3. The van der Waals surface area contributed by atoms with Crippen molar-refractivity contribution in [3.05, 3.63) is 0 Å². The van der Waals surface area contributed by atoms with Crippen molar-refractivity contribution in [1.29, 1.82) is 0 Å². The van der Waals surface area contributed by atoms with E-state index < -0.39 is 28.9 Å². The first kappa shape index (κ1) is 14.2. The van der Waals surface area contributed by atoms with Crippen molar-refractivity contribution in [1.82, 2.24) is 0 Å². The second kappa shape index (κ2) is 5.95. The summed E-state index contributed by atoms with van der Waals surface area (Å²) in [6.45, 7) is 0.458. The summed E-state index contributed by atoms with van der Waals surface area (Å²) < 4.78 is 34.3. The van der Waals surface area contributed by atoms with Gasteiger partial charge < -0.3 is 14.9 Å². The Morgan fingerprint density at radius 1 is 1.21 bits per heavy atom. The molecule has 0 heterocycles. The zero-order valence-corrected chi connectivity index (χ0v) is 9.19. The highest BCUT2D eigenvalue weighted by atomic mass is 31.3. The van der Waals surface area contributed by atoms with Gasteiger partial charge in [-0.3, -0.25) is 9.05 Å². The second-order valence-electron chi connectivity index (χ2n) is 1.99. The number of hydrogen-bond acceptors (Lipinski definition) is 6. The van der Waals surface area contributed by atoms with Crippen LogP contribution in [0.3, 0.4) is 0 Å². The average Bonchev–Trinajstić information content (AvgIpc) is 1.98. The Morgan fingerprint density at radius 2 is 1.79 bits per heavy atom. The van der Waals surface area contributed by atoms with Gasteiger partial charge in [0.2, 0.25) is 0 Å². The number of phosphoric acid groups is 2. The third-order valence-electron chi connectivity index (χ3n) is 0.834. The molecule has 1 unspecified atom stereocenters. The summed E-state index contributed by atoms with van der Waals surface area (Å²) in [4.78, 5) is 16.7. The van der Waals surface area contributed by atoms with E-state index in [1.54, 1.807) is 0 Å². The molecule has 0 saturated heterocycles. The summed E-state index contributed by atoms with van der Waals surface area (Å²) in [5.41, 5.74) is 0. The van der Waals surface area contributed by atoms with Gasteiger partial charge >= 0.3 is 15.6 Å². The van der Waals surface area contributed by atoms with E-state index in [4.69, 9.17) is 14.9 Å². The van der Waals surface area contributed by atoms with Crippen LogP contribution in [0.5, 0.6) is 0 Å². The highest BCUT2D eigenvalue weighted by Crippen LogP contribution is 2.60. The molecule has 3 N–H and O–H groups in total. The molecule has 86 valence electrons. The molecule has 14 heavy (non-hydrogen) atoms. The van der Waals surface area contributed by atoms with E-state index >= 15 is 0 Å². The fourth-order valence-electron chi connectivity index (χ4n) is 0.525. The number of phosphoric ester groups is 1. The SMILES string of the molecule is CCOP(=O)(OCCO)OP(=O)(O)O. The molecular formula is C4H12O8P2. The first-order valence-corrected chi connectivity index (χ1v) is 6.59. The van der Waals surface area contributed by atoms with Crippen molar-refractivity contribution in [3.63, 3.8) is 0 Å². The molecular weight excluding hydrogens is 238 g/mol. The van der Waals surface area contributed by atoms with Gasteiger partial charge in [-0.25, -0.2) is 9.13 Å². The minimum absolute atomic E-state index is 0.108. The van der Waals surface area contributed by atoms with Gasteiger partial charge in [0, 0.05) is 0 Å². The zero-order chi connectivity index (χ0) is 11.2. The summed E-state index contributed by atoms with van der Waals surface area (Å²) in [6, 6.07) is 0. The van der Waals surface area contributed by atoms with Crippen LogP contribution in [0.15, 0.2) is 0 Å². The normalized spacial score (nSPS) is 16.6. The molecule has 0 fully saturated rings. The maximum atomic E-state index is 11.3. The molecule has 0 spiro atoms. The summed E-state index contributed by atoms with van der Waals surface area (Å²) in [7, 11) is -9.23. The van der Waals surface area contributed by atoms with E-state index in [9.17, 15) is 9.13 Å².